The molecule has 12 heteroatoms. The maximum absolute atomic E-state index is 13.9. The van der Waals surface area contributed by atoms with Gasteiger partial charge in [0.25, 0.3) is 5.91 Å². The van der Waals surface area contributed by atoms with E-state index in [2.05, 4.69) is 15.6 Å². The number of carbonyl (C=O) groups excluding carboxylic acids is 4. The average Bonchev–Trinajstić information content (AvgIpc) is 3.56. The van der Waals surface area contributed by atoms with E-state index in [1.54, 1.807) is 18.9 Å². The van der Waals surface area contributed by atoms with Gasteiger partial charge in [-0.2, -0.15) is 0 Å². The normalized spacial score (nSPS) is 18.3. The number of Topliss-reactive ketones (excluding diaryl/α,β-unsaturated/α-hetero) is 1. The van der Waals surface area contributed by atoms with Crippen molar-refractivity contribution in [2.24, 2.45) is 17.8 Å². The van der Waals surface area contributed by atoms with Gasteiger partial charge in [0.05, 0.1) is 12.0 Å². The maximum Gasteiger partial charge on any atom is 0.306 e. The van der Waals surface area contributed by atoms with Gasteiger partial charge in [-0.3, -0.25) is 28.9 Å². The number of piperidine rings is 1. The van der Waals surface area contributed by atoms with Crippen molar-refractivity contribution in [2.75, 3.05) is 20.6 Å². The Balaban J connectivity index is 1.71. The molecule has 264 valence electrons. The molecule has 1 aromatic heterocycles. The van der Waals surface area contributed by atoms with Crippen molar-refractivity contribution in [1.29, 1.82) is 0 Å². The van der Waals surface area contributed by atoms with Crippen LogP contribution in [0.25, 0.3) is 0 Å². The number of likely N-dealkylation sites (N-methyl/N-ethyl adjacent to an activating group) is 2. The summed E-state index contributed by atoms with van der Waals surface area (Å²) < 4.78 is 0. The molecule has 0 saturated carbocycles. The van der Waals surface area contributed by atoms with E-state index in [4.69, 9.17) is 0 Å². The molecule has 1 aliphatic heterocycles. The fourth-order valence-electron chi connectivity index (χ4n) is 6.20. The highest BCUT2D eigenvalue weighted by Crippen LogP contribution is 2.23. The van der Waals surface area contributed by atoms with Crippen LogP contribution in [0.1, 0.15) is 99.0 Å². The van der Waals surface area contributed by atoms with Crippen molar-refractivity contribution in [3.05, 3.63) is 52.0 Å². The van der Waals surface area contributed by atoms with Crippen LogP contribution >= 0.6 is 11.3 Å². The van der Waals surface area contributed by atoms with Gasteiger partial charge in [0, 0.05) is 30.9 Å². The summed E-state index contributed by atoms with van der Waals surface area (Å²) in [6.45, 7) is 10.3. The number of carbonyl (C=O) groups is 5. The first-order valence-corrected chi connectivity index (χ1v) is 17.9. The third kappa shape index (κ3) is 10.7. The molecule has 2 heterocycles. The number of amides is 3. The molecule has 1 aromatic carbocycles. The predicted octanol–water partition coefficient (Wildman–Crippen LogP) is 4.67. The number of nitrogens with one attached hydrogen (secondary N) is 2. The summed E-state index contributed by atoms with van der Waals surface area (Å²) >= 11 is 1.07. The van der Waals surface area contributed by atoms with Crippen molar-refractivity contribution in [3.8, 4) is 0 Å². The summed E-state index contributed by atoms with van der Waals surface area (Å²) in [6, 6.07) is 7.62. The van der Waals surface area contributed by atoms with Crippen molar-refractivity contribution in [3.63, 3.8) is 0 Å². The SMILES string of the molecule is CC[C@H](C)[C@H](NC(=O)[C@H]1CCCCN1C)C(=O)N(C)[C@H](CC(=O)c1nc(C(=O)N[C@@H](Cc2ccccc2)C[C@H](C)C(=O)O)cs1)C(C)C. The van der Waals surface area contributed by atoms with Crippen LogP contribution in [0.15, 0.2) is 35.7 Å². The van der Waals surface area contributed by atoms with Gasteiger partial charge < -0.3 is 20.6 Å². The molecule has 11 nitrogen and oxygen atoms in total. The molecular weight excluding hydrogens is 630 g/mol. The maximum atomic E-state index is 13.9. The van der Waals surface area contributed by atoms with Gasteiger partial charge in [0.2, 0.25) is 11.8 Å². The monoisotopic (exact) mass is 683 g/mol. The second-order valence-corrected chi connectivity index (χ2v) is 14.5. The smallest absolute Gasteiger partial charge is 0.306 e. The number of rotatable bonds is 17. The van der Waals surface area contributed by atoms with Crippen molar-refractivity contribution in [2.45, 2.75) is 104 Å². The van der Waals surface area contributed by atoms with E-state index in [1.807, 2.05) is 70.0 Å². The lowest BCUT2D eigenvalue weighted by Gasteiger charge is -2.37. The zero-order valence-electron chi connectivity index (χ0n) is 29.4. The number of aliphatic carboxylic acids is 1. The third-order valence-electron chi connectivity index (χ3n) is 9.55. The molecule has 1 aliphatic rings. The summed E-state index contributed by atoms with van der Waals surface area (Å²) in [4.78, 5) is 73.5. The number of carboxylic acids is 1. The number of likely N-dealkylation sites (tertiary alicyclic amines) is 1. The van der Waals surface area contributed by atoms with E-state index in [0.717, 1.165) is 42.7 Å². The number of nitrogens with zero attached hydrogens (tertiary/aromatic N) is 3. The van der Waals surface area contributed by atoms with Crippen LogP contribution in [0, 0.1) is 17.8 Å². The molecule has 3 N–H and O–H groups in total. The van der Waals surface area contributed by atoms with E-state index in [0.29, 0.717) is 12.8 Å². The predicted molar refractivity (Wildman–Crippen MR) is 187 cm³/mol. The van der Waals surface area contributed by atoms with Gasteiger partial charge >= 0.3 is 5.97 Å². The summed E-state index contributed by atoms with van der Waals surface area (Å²) in [5.41, 5.74) is 1.05. The highest BCUT2D eigenvalue weighted by atomic mass is 32.1. The van der Waals surface area contributed by atoms with Crippen LogP contribution in [0.2, 0.25) is 0 Å². The highest BCUT2D eigenvalue weighted by molar-refractivity contribution is 7.11. The largest absolute Gasteiger partial charge is 0.481 e. The Morgan fingerprint density at radius 3 is 2.35 bits per heavy atom. The minimum Gasteiger partial charge on any atom is -0.481 e. The molecule has 6 atom stereocenters. The number of carboxylic acid groups (broad SMARTS) is 1. The quantitative estimate of drug-likeness (QED) is 0.204. The van der Waals surface area contributed by atoms with Gasteiger partial charge in [-0.15, -0.1) is 11.3 Å². The zero-order valence-corrected chi connectivity index (χ0v) is 30.2. The standard InChI is InChI=1S/C36H53N5O6S/c1-8-23(4)31(39-33(44)28-16-12-13-17-40(28)6)35(45)41(7)29(22(2)3)20-30(42)34-38-27(21-48-34)32(43)37-26(18-24(5)36(46)47)19-25-14-10-9-11-15-25/h9-11,14-15,21-24,26,28-29,31H,8,12-13,16-20H2,1-7H3,(H,37,43)(H,39,44)(H,46,47)/t23-,24-,26+,28+,29+,31-/m0/s1. The Labute approximate surface area is 288 Å². The Bertz CT molecular complexity index is 1400. The first kappa shape index (κ1) is 38.8. The lowest BCUT2D eigenvalue weighted by Crippen LogP contribution is -2.58. The van der Waals surface area contributed by atoms with Crippen LogP contribution in [0.5, 0.6) is 0 Å². The lowest BCUT2D eigenvalue weighted by molar-refractivity contribution is -0.141. The Kier molecular flexibility index (Phi) is 14.7. The molecule has 0 unspecified atom stereocenters. The third-order valence-corrected chi connectivity index (χ3v) is 10.4. The second-order valence-electron chi connectivity index (χ2n) is 13.6. The Morgan fingerprint density at radius 1 is 1.06 bits per heavy atom. The van der Waals surface area contributed by atoms with Crippen molar-refractivity contribution >= 4 is 40.8 Å². The Hall–Kier alpha value is -3.64. The molecule has 2 aromatic rings. The summed E-state index contributed by atoms with van der Waals surface area (Å²) in [6.07, 6.45) is 4.16. The van der Waals surface area contributed by atoms with Gasteiger partial charge in [-0.25, -0.2) is 4.98 Å². The molecule has 1 saturated heterocycles. The van der Waals surface area contributed by atoms with Crippen LogP contribution in [0.4, 0.5) is 0 Å². The molecule has 48 heavy (non-hydrogen) atoms. The van der Waals surface area contributed by atoms with Crippen LogP contribution in [-0.4, -0.2) is 94.2 Å². The Morgan fingerprint density at radius 2 is 1.75 bits per heavy atom. The molecule has 0 bridgehead atoms. The fraction of sp³-hybridized carbons (Fsp3) is 0.611. The molecular formula is C36H53N5O6S. The number of thiazole rings is 1. The summed E-state index contributed by atoms with van der Waals surface area (Å²) in [7, 11) is 3.62. The number of aromatic nitrogens is 1. The van der Waals surface area contributed by atoms with Gasteiger partial charge in [-0.05, 0) is 56.7 Å². The molecule has 0 radical (unpaired) electrons. The minimum atomic E-state index is -0.943. The molecule has 1 fully saturated rings. The topological polar surface area (TPSA) is 149 Å². The minimum absolute atomic E-state index is 0.00771. The van der Waals surface area contributed by atoms with Crippen LogP contribution in [0.3, 0.4) is 0 Å². The molecule has 0 spiro atoms. The zero-order chi connectivity index (χ0) is 35.5. The first-order valence-electron chi connectivity index (χ1n) is 17.1. The van der Waals surface area contributed by atoms with E-state index in [1.165, 1.54) is 5.38 Å². The fourth-order valence-corrected chi connectivity index (χ4v) is 6.95. The van der Waals surface area contributed by atoms with Gasteiger partial charge in [0.1, 0.15) is 11.7 Å². The number of hydrogen-bond acceptors (Lipinski definition) is 8. The van der Waals surface area contributed by atoms with Crippen molar-refractivity contribution in [1.82, 2.24) is 25.4 Å². The molecule has 3 amide bonds. The van der Waals surface area contributed by atoms with E-state index < -0.39 is 35.9 Å². The number of benzene rings is 1. The lowest BCUT2D eigenvalue weighted by atomic mass is 9.93. The summed E-state index contributed by atoms with van der Waals surface area (Å²) in [5.74, 6) is -2.93. The van der Waals surface area contributed by atoms with Crippen LogP contribution < -0.4 is 10.6 Å². The average molecular weight is 684 g/mol. The number of hydrogen-bond donors (Lipinski definition) is 3. The number of ketones is 1. The van der Waals surface area contributed by atoms with Gasteiger partial charge in [0.15, 0.2) is 10.8 Å². The second kappa shape index (κ2) is 18.2. The van der Waals surface area contributed by atoms with Gasteiger partial charge in [-0.1, -0.05) is 77.8 Å². The highest BCUT2D eigenvalue weighted by Gasteiger charge is 2.36. The summed E-state index contributed by atoms with van der Waals surface area (Å²) in [5, 5.41) is 17.1. The molecule has 3 rings (SSSR count). The van der Waals surface area contributed by atoms with E-state index >= 15 is 0 Å². The first-order chi connectivity index (χ1) is 22.7. The van der Waals surface area contributed by atoms with Crippen LogP contribution in [-0.2, 0) is 20.8 Å². The van der Waals surface area contributed by atoms with E-state index in [-0.39, 0.29) is 59.0 Å². The molecule has 0 aliphatic carbocycles. The van der Waals surface area contributed by atoms with E-state index in [9.17, 15) is 29.1 Å². The van der Waals surface area contributed by atoms with Crippen molar-refractivity contribution < 1.29 is 29.1 Å².